The molecule has 0 spiro atoms. The lowest BCUT2D eigenvalue weighted by Gasteiger charge is -2.20. The van der Waals surface area contributed by atoms with Crippen molar-refractivity contribution in [3.8, 4) is 22.8 Å². The van der Waals surface area contributed by atoms with Gasteiger partial charge in [0.15, 0.2) is 11.5 Å². The summed E-state index contributed by atoms with van der Waals surface area (Å²) in [7, 11) is 0. The van der Waals surface area contributed by atoms with E-state index in [1.54, 1.807) is 12.1 Å². The van der Waals surface area contributed by atoms with Crippen molar-refractivity contribution < 1.29 is 18.3 Å². The molecule has 6 nitrogen and oxygen atoms in total. The van der Waals surface area contributed by atoms with E-state index in [1.165, 1.54) is 18.5 Å². The quantitative estimate of drug-likeness (QED) is 0.732. The highest BCUT2D eigenvalue weighted by Crippen LogP contribution is 2.42. The van der Waals surface area contributed by atoms with Gasteiger partial charge in [0, 0.05) is 5.56 Å². The summed E-state index contributed by atoms with van der Waals surface area (Å²) in [5, 5.41) is 0. The molecule has 8 heteroatoms. The average Bonchev–Trinajstić information content (AvgIpc) is 3.00. The molecule has 0 amide bonds. The molecule has 2 heterocycles. The average molecular weight is 370 g/mol. The molecular formula is C19H16F2N4O2. The van der Waals surface area contributed by atoms with E-state index in [4.69, 9.17) is 11.5 Å². The van der Waals surface area contributed by atoms with E-state index in [2.05, 4.69) is 19.4 Å². The van der Waals surface area contributed by atoms with Crippen molar-refractivity contribution in [2.24, 2.45) is 11.5 Å². The second kappa shape index (κ2) is 6.57. The summed E-state index contributed by atoms with van der Waals surface area (Å²) in [6, 6.07) is 14.6. The van der Waals surface area contributed by atoms with Crippen LogP contribution in [0.2, 0.25) is 0 Å². The Labute approximate surface area is 153 Å². The highest BCUT2D eigenvalue weighted by Gasteiger charge is 2.43. The van der Waals surface area contributed by atoms with Crippen molar-refractivity contribution in [1.29, 1.82) is 0 Å². The van der Waals surface area contributed by atoms with Gasteiger partial charge in [0.2, 0.25) is 0 Å². The maximum absolute atomic E-state index is 13.2. The summed E-state index contributed by atoms with van der Waals surface area (Å²) in [5.74, 6) is -0.0798. The molecule has 2 aromatic carbocycles. The second-order valence-corrected chi connectivity index (χ2v) is 6.12. The third-order valence-electron chi connectivity index (χ3n) is 4.30. The Bertz CT molecular complexity index is 969. The summed E-state index contributed by atoms with van der Waals surface area (Å²) in [6.45, 7) is 0. The molecule has 0 saturated heterocycles. The molecule has 1 aliphatic heterocycles. The van der Waals surface area contributed by atoms with Gasteiger partial charge in [0.1, 0.15) is 6.33 Å². The number of hydrogen-bond acceptors (Lipinski definition) is 6. The first kappa shape index (κ1) is 17.3. The van der Waals surface area contributed by atoms with Gasteiger partial charge < -0.3 is 20.9 Å². The molecule has 138 valence electrons. The molecule has 0 aliphatic carbocycles. The fraction of sp³-hybridized carbons (Fsp3) is 0.158. The summed E-state index contributed by atoms with van der Waals surface area (Å²) in [6.07, 6.45) is -2.30. The van der Waals surface area contributed by atoms with E-state index >= 15 is 0 Å². The van der Waals surface area contributed by atoms with E-state index in [0.29, 0.717) is 17.0 Å². The molecule has 0 saturated carbocycles. The predicted octanol–water partition coefficient (Wildman–Crippen LogP) is 3.16. The zero-order valence-corrected chi connectivity index (χ0v) is 14.0. The third kappa shape index (κ3) is 3.44. The van der Waals surface area contributed by atoms with Crippen LogP contribution in [-0.2, 0) is 0 Å². The fourth-order valence-electron chi connectivity index (χ4n) is 2.89. The number of benzene rings is 2. The summed E-state index contributed by atoms with van der Waals surface area (Å²) >= 11 is 0. The Hall–Kier alpha value is -3.10. The van der Waals surface area contributed by atoms with Crippen LogP contribution in [0.1, 0.15) is 23.3 Å². The molecule has 27 heavy (non-hydrogen) atoms. The van der Waals surface area contributed by atoms with Crippen LogP contribution in [0.25, 0.3) is 11.3 Å². The first-order chi connectivity index (χ1) is 12.9. The summed E-state index contributed by atoms with van der Waals surface area (Å²) in [5.41, 5.74) is 15.0. The fourth-order valence-corrected chi connectivity index (χ4v) is 2.89. The highest BCUT2D eigenvalue weighted by molar-refractivity contribution is 5.64. The number of halogens is 2. The lowest BCUT2D eigenvalue weighted by atomic mass is 9.97. The standard InChI is InChI=1S/C19H16F2N4O2/c20-19(21)26-15-7-6-12(8-16(15)27-19)13-9-14(25-10-24-13)18(23)17(22)11-4-2-1-3-5-11/h1-10,17-18H,22-23H2. The van der Waals surface area contributed by atoms with Gasteiger partial charge in [-0.1, -0.05) is 30.3 Å². The van der Waals surface area contributed by atoms with Crippen LogP contribution in [0.4, 0.5) is 8.78 Å². The number of rotatable bonds is 4. The van der Waals surface area contributed by atoms with Gasteiger partial charge in [-0.05, 0) is 29.8 Å². The molecule has 0 fully saturated rings. The van der Waals surface area contributed by atoms with Crippen LogP contribution in [-0.4, -0.2) is 16.3 Å². The summed E-state index contributed by atoms with van der Waals surface area (Å²) in [4.78, 5) is 8.41. The van der Waals surface area contributed by atoms with Crippen molar-refractivity contribution in [3.63, 3.8) is 0 Å². The minimum Gasteiger partial charge on any atom is -0.395 e. The van der Waals surface area contributed by atoms with E-state index in [9.17, 15) is 8.78 Å². The van der Waals surface area contributed by atoms with E-state index in [1.807, 2.05) is 30.3 Å². The number of hydrogen-bond donors (Lipinski definition) is 2. The topological polar surface area (TPSA) is 96.3 Å². The van der Waals surface area contributed by atoms with Crippen LogP contribution >= 0.6 is 0 Å². The first-order valence-electron chi connectivity index (χ1n) is 8.21. The van der Waals surface area contributed by atoms with Crippen molar-refractivity contribution in [2.45, 2.75) is 18.4 Å². The van der Waals surface area contributed by atoms with Crippen molar-refractivity contribution in [2.75, 3.05) is 0 Å². The Balaban J connectivity index is 1.62. The maximum Gasteiger partial charge on any atom is 0.586 e. The third-order valence-corrected chi connectivity index (χ3v) is 4.30. The van der Waals surface area contributed by atoms with E-state index < -0.39 is 18.4 Å². The number of nitrogens with zero attached hydrogens (tertiary/aromatic N) is 2. The van der Waals surface area contributed by atoms with E-state index in [0.717, 1.165) is 5.56 Å². The first-order valence-corrected chi connectivity index (χ1v) is 8.21. The minimum absolute atomic E-state index is 0.0270. The SMILES string of the molecule is NC(c1ccccc1)C(N)c1cc(-c2ccc3c(c2)OC(F)(F)O3)ncn1. The van der Waals surface area contributed by atoms with Gasteiger partial charge in [-0.2, -0.15) is 0 Å². The van der Waals surface area contributed by atoms with Crippen LogP contribution in [0.3, 0.4) is 0 Å². The lowest BCUT2D eigenvalue weighted by Crippen LogP contribution is -2.27. The van der Waals surface area contributed by atoms with Crippen LogP contribution in [0.5, 0.6) is 11.5 Å². The largest absolute Gasteiger partial charge is 0.586 e. The predicted molar refractivity (Wildman–Crippen MR) is 94.0 cm³/mol. The molecule has 1 aromatic heterocycles. The molecule has 4 rings (SSSR count). The van der Waals surface area contributed by atoms with Crippen LogP contribution in [0.15, 0.2) is 60.9 Å². The monoisotopic (exact) mass is 370 g/mol. The van der Waals surface area contributed by atoms with Gasteiger partial charge in [-0.3, -0.25) is 0 Å². The van der Waals surface area contributed by atoms with Crippen molar-refractivity contribution in [3.05, 3.63) is 72.2 Å². The number of nitrogens with two attached hydrogens (primary N) is 2. The normalized spacial score (nSPS) is 16.7. The van der Waals surface area contributed by atoms with Crippen molar-refractivity contribution in [1.82, 2.24) is 9.97 Å². The van der Waals surface area contributed by atoms with Crippen molar-refractivity contribution >= 4 is 0 Å². The highest BCUT2D eigenvalue weighted by atomic mass is 19.3. The number of fused-ring (bicyclic) bond motifs is 1. The number of ether oxygens (including phenoxy) is 2. The van der Waals surface area contributed by atoms with Gasteiger partial charge in [0.25, 0.3) is 0 Å². The Morgan fingerprint density at radius 1 is 0.852 bits per heavy atom. The molecule has 0 radical (unpaired) electrons. The Morgan fingerprint density at radius 3 is 2.37 bits per heavy atom. The molecule has 2 unspecified atom stereocenters. The van der Waals surface area contributed by atoms with Crippen LogP contribution in [0, 0.1) is 0 Å². The minimum atomic E-state index is -3.66. The molecular weight excluding hydrogens is 354 g/mol. The molecule has 0 bridgehead atoms. The van der Waals surface area contributed by atoms with Gasteiger partial charge in [-0.25, -0.2) is 9.97 Å². The Morgan fingerprint density at radius 2 is 1.59 bits per heavy atom. The van der Waals surface area contributed by atoms with Crippen LogP contribution < -0.4 is 20.9 Å². The number of alkyl halides is 2. The molecule has 2 atom stereocenters. The Kier molecular flexibility index (Phi) is 4.21. The van der Waals surface area contributed by atoms with Gasteiger partial charge in [0.05, 0.1) is 23.5 Å². The van der Waals surface area contributed by atoms with Gasteiger partial charge >= 0.3 is 6.29 Å². The zero-order valence-electron chi connectivity index (χ0n) is 14.0. The van der Waals surface area contributed by atoms with E-state index in [-0.39, 0.29) is 11.5 Å². The molecule has 3 aromatic rings. The second-order valence-electron chi connectivity index (χ2n) is 6.12. The maximum atomic E-state index is 13.2. The smallest absolute Gasteiger partial charge is 0.395 e. The lowest BCUT2D eigenvalue weighted by molar-refractivity contribution is -0.286. The number of aromatic nitrogens is 2. The summed E-state index contributed by atoms with van der Waals surface area (Å²) < 4.78 is 35.3. The zero-order chi connectivity index (χ0) is 19.0. The molecule has 4 N–H and O–H groups in total. The van der Waals surface area contributed by atoms with Gasteiger partial charge in [-0.15, -0.1) is 8.78 Å². The molecule has 1 aliphatic rings.